The number of fused-ring (bicyclic) bond motifs is 4. The van der Waals surface area contributed by atoms with Crippen LogP contribution in [0, 0.1) is 0 Å². The van der Waals surface area contributed by atoms with Crippen molar-refractivity contribution in [3.8, 4) is 5.75 Å². The van der Waals surface area contributed by atoms with Gasteiger partial charge in [0.25, 0.3) is 0 Å². The molecule has 0 saturated heterocycles. The number of aromatic nitrogens is 4. The molecule has 0 spiro atoms. The highest BCUT2D eigenvalue weighted by Crippen LogP contribution is 2.33. The number of methoxy groups -OCH3 is 1. The number of hydrogen-bond donors (Lipinski definition) is 1. The number of halogens is 3. The van der Waals surface area contributed by atoms with Crippen LogP contribution in [0.15, 0.2) is 36.4 Å². The average Bonchev–Trinajstić information content (AvgIpc) is 3.35. The van der Waals surface area contributed by atoms with Crippen molar-refractivity contribution in [3.05, 3.63) is 58.9 Å². The molecule has 4 aromatic rings. The van der Waals surface area contributed by atoms with Crippen LogP contribution in [0.25, 0.3) is 16.6 Å². The van der Waals surface area contributed by atoms with E-state index in [0.29, 0.717) is 54.4 Å². The zero-order chi connectivity index (χ0) is 21.8. The van der Waals surface area contributed by atoms with Crippen LogP contribution in [0.5, 0.6) is 5.75 Å². The van der Waals surface area contributed by atoms with E-state index in [-0.39, 0.29) is 5.95 Å². The molecule has 7 nitrogen and oxygen atoms in total. The molecule has 0 bridgehead atoms. The Morgan fingerprint density at radius 1 is 1.10 bits per heavy atom. The zero-order valence-corrected chi connectivity index (χ0v) is 16.6. The van der Waals surface area contributed by atoms with Crippen molar-refractivity contribution in [2.24, 2.45) is 0 Å². The van der Waals surface area contributed by atoms with Crippen LogP contribution in [0.3, 0.4) is 0 Å². The van der Waals surface area contributed by atoms with Crippen molar-refractivity contribution in [1.29, 1.82) is 0 Å². The standard InChI is InChI=1S/C21H19F3N6O/c1-31-16-4-2-3-15-18(16)27-20(25)30-19(15)26-17(28-30)7-8-29-10-12-5-6-14(21(22,23)24)9-13(12)11-29/h2-6,9H,7-8,10-11H2,1H3,(H2,25,27). The number of nitrogens with zero attached hydrogens (tertiary/aromatic N) is 5. The van der Waals surface area contributed by atoms with Gasteiger partial charge in [0, 0.05) is 31.4 Å². The fourth-order valence-electron chi connectivity index (χ4n) is 4.00. The highest BCUT2D eigenvalue weighted by molar-refractivity contribution is 5.95. The molecule has 5 rings (SSSR count). The van der Waals surface area contributed by atoms with Gasteiger partial charge < -0.3 is 10.5 Å². The number of nitrogens with two attached hydrogens (primary N) is 1. The Morgan fingerprint density at radius 3 is 2.68 bits per heavy atom. The summed E-state index contributed by atoms with van der Waals surface area (Å²) in [5, 5.41) is 5.25. The number of nitrogen functional groups attached to an aromatic ring is 1. The maximum Gasteiger partial charge on any atom is 0.416 e. The maximum absolute atomic E-state index is 13.0. The number of hydrogen-bond acceptors (Lipinski definition) is 6. The van der Waals surface area contributed by atoms with Gasteiger partial charge in [0.2, 0.25) is 5.95 Å². The van der Waals surface area contributed by atoms with Gasteiger partial charge in [0.05, 0.1) is 12.7 Å². The molecule has 0 aliphatic carbocycles. The third-order valence-electron chi connectivity index (χ3n) is 5.53. The molecule has 0 atom stereocenters. The minimum Gasteiger partial charge on any atom is -0.494 e. The van der Waals surface area contributed by atoms with Crippen molar-refractivity contribution in [1.82, 2.24) is 24.5 Å². The summed E-state index contributed by atoms with van der Waals surface area (Å²) >= 11 is 0. The van der Waals surface area contributed by atoms with Crippen LogP contribution in [0.2, 0.25) is 0 Å². The molecule has 160 valence electrons. The molecule has 0 fully saturated rings. The molecule has 10 heteroatoms. The number of ether oxygens (including phenoxy) is 1. The molecular weight excluding hydrogens is 409 g/mol. The smallest absolute Gasteiger partial charge is 0.416 e. The molecule has 2 aromatic heterocycles. The van der Waals surface area contributed by atoms with Gasteiger partial charge in [-0.05, 0) is 35.4 Å². The summed E-state index contributed by atoms with van der Waals surface area (Å²) in [6, 6.07) is 9.48. The van der Waals surface area contributed by atoms with Crippen LogP contribution < -0.4 is 10.5 Å². The Labute approximate surface area is 175 Å². The minimum absolute atomic E-state index is 0.207. The Balaban J connectivity index is 1.37. The number of alkyl halides is 3. The second-order valence-corrected chi connectivity index (χ2v) is 7.53. The Bertz CT molecular complexity index is 1300. The summed E-state index contributed by atoms with van der Waals surface area (Å²) in [5.74, 6) is 1.40. The van der Waals surface area contributed by atoms with E-state index in [1.54, 1.807) is 19.2 Å². The SMILES string of the molecule is COc1cccc2c1nc(N)n1nc(CCN3Cc4ccc(C(F)(F)F)cc4C3)nc21. The lowest BCUT2D eigenvalue weighted by molar-refractivity contribution is -0.137. The monoisotopic (exact) mass is 428 g/mol. The van der Waals surface area contributed by atoms with Gasteiger partial charge in [0.15, 0.2) is 11.5 Å². The van der Waals surface area contributed by atoms with Gasteiger partial charge in [-0.1, -0.05) is 12.1 Å². The predicted molar refractivity (Wildman–Crippen MR) is 109 cm³/mol. The summed E-state index contributed by atoms with van der Waals surface area (Å²) in [6.07, 6.45) is -3.80. The topological polar surface area (TPSA) is 81.6 Å². The van der Waals surface area contributed by atoms with E-state index >= 15 is 0 Å². The Morgan fingerprint density at radius 2 is 1.90 bits per heavy atom. The fraction of sp³-hybridized carbons (Fsp3) is 0.286. The maximum atomic E-state index is 13.0. The highest BCUT2D eigenvalue weighted by Gasteiger charge is 2.32. The molecule has 3 heterocycles. The largest absolute Gasteiger partial charge is 0.494 e. The molecule has 1 aliphatic heterocycles. The fourth-order valence-corrected chi connectivity index (χ4v) is 4.00. The molecule has 0 radical (unpaired) electrons. The summed E-state index contributed by atoms with van der Waals surface area (Å²) in [6.45, 7) is 1.68. The van der Waals surface area contributed by atoms with Crippen molar-refractivity contribution >= 4 is 22.5 Å². The lowest BCUT2D eigenvalue weighted by Crippen LogP contribution is -2.20. The van der Waals surface area contributed by atoms with Crippen molar-refractivity contribution in [2.45, 2.75) is 25.7 Å². The molecule has 2 N–H and O–H groups in total. The normalized spacial score (nSPS) is 14.5. The van der Waals surface area contributed by atoms with Crippen molar-refractivity contribution < 1.29 is 17.9 Å². The number of para-hydroxylation sites is 1. The van der Waals surface area contributed by atoms with Crippen LogP contribution in [0.1, 0.15) is 22.5 Å². The van der Waals surface area contributed by atoms with Gasteiger partial charge in [-0.15, -0.1) is 5.10 Å². The van der Waals surface area contributed by atoms with E-state index in [4.69, 9.17) is 10.5 Å². The molecule has 0 unspecified atom stereocenters. The van der Waals surface area contributed by atoms with Gasteiger partial charge >= 0.3 is 6.18 Å². The summed E-state index contributed by atoms with van der Waals surface area (Å²) < 4.78 is 45.7. The lowest BCUT2D eigenvalue weighted by Gasteiger charge is -2.12. The van der Waals surface area contributed by atoms with Gasteiger partial charge in [-0.25, -0.2) is 9.97 Å². The molecule has 0 amide bonds. The molecule has 0 saturated carbocycles. The Kier molecular flexibility index (Phi) is 4.47. The lowest BCUT2D eigenvalue weighted by atomic mass is 10.1. The molecule has 1 aliphatic rings. The minimum atomic E-state index is -4.33. The van der Waals surface area contributed by atoms with Gasteiger partial charge in [-0.3, -0.25) is 4.90 Å². The van der Waals surface area contributed by atoms with Crippen molar-refractivity contribution in [2.75, 3.05) is 19.4 Å². The average molecular weight is 428 g/mol. The third kappa shape index (κ3) is 3.42. The molecule has 2 aromatic carbocycles. The van der Waals surface area contributed by atoms with E-state index in [1.165, 1.54) is 10.6 Å². The van der Waals surface area contributed by atoms with E-state index in [2.05, 4.69) is 20.0 Å². The summed E-state index contributed by atoms with van der Waals surface area (Å²) in [5.41, 5.74) is 8.30. The zero-order valence-electron chi connectivity index (χ0n) is 16.6. The first-order valence-electron chi connectivity index (χ1n) is 9.72. The summed E-state index contributed by atoms with van der Waals surface area (Å²) in [4.78, 5) is 11.1. The van der Waals surface area contributed by atoms with E-state index in [0.717, 1.165) is 17.0 Å². The van der Waals surface area contributed by atoms with Crippen LogP contribution in [-0.4, -0.2) is 38.1 Å². The van der Waals surface area contributed by atoms with E-state index in [9.17, 15) is 13.2 Å². The third-order valence-corrected chi connectivity index (χ3v) is 5.53. The second kappa shape index (κ2) is 7.09. The predicted octanol–water partition coefficient (Wildman–Crippen LogP) is 3.45. The van der Waals surface area contributed by atoms with E-state index < -0.39 is 11.7 Å². The first kappa shape index (κ1) is 19.6. The van der Waals surface area contributed by atoms with Crippen LogP contribution in [-0.2, 0) is 25.7 Å². The van der Waals surface area contributed by atoms with Crippen molar-refractivity contribution in [3.63, 3.8) is 0 Å². The molecular formula is C21H19F3N6O. The van der Waals surface area contributed by atoms with Crippen LogP contribution >= 0.6 is 0 Å². The first-order chi connectivity index (χ1) is 14.8. The highest BCUT2D eigenvalue weighted by atomic mass is 19.4. The first-order valence-corrected chi connectivity index (χ1v) is 9.72. The number of anilines is 1. The summed E-state index contributed by atoms with van der Waals surface area (Å²) in [7, 11) is 1.57. The van der Waals surface area contributed by atoms with Gasteiger partial charge in [-0.2, -0.15) is 17.7 Å². The quantitative estimate of drug-likeness (QED) is 0.536. The molecule has 31 heavy (non-hydrogen) atoms. The van der Waals surface area contributed by atoms with Crippen LogP contribution in [0.4, 0.5) is 19.1 Å². The number of rotatable bonds is 4. The Hall–Kier alpha value is -3.40. The number of benzene rings is 2. The van der Waals surface area contributed by atoms with E-state index in [1.807, 2.05) is 12.1 Å². The second-order valence-electron chi connectivity index (χ2n) is 7.53. The van der Waals surface area contributed by atoms with Gasteiger partial charge in [0.1, 0.15) is 11.3 Å².